The highest BCUT2D eigenvalue weighted by Gasteiger charge is 2.30. The molecule has 1 aliphatic rings. The summed E-state index contributed by atoms with van der Waals surface area (Å²) in [7, 11) is -2.83. The van der Waals surface area contributed by atoms with Crippen LogP contribution in [0.1, 0.15) is 30.1 Å². The Balaban J connectivity index is 1.90. The Labute approximate surface area is 196 Å². The van der Waals surface area contributed by atoms with Crippen molar-refractivity contribution >= 4 is 45.1 Å². The Morgan fingerprint density at radius 1 is 1.33 bits per heavy atom. The maximum atomic E-state index is 12.9. The molecule has 1 aliphatic heterocycles. The molecule has 0 saturated carbocycles. The molecule has 2 heterocycles. The number of anilines is 2. The van der Waals surface area contributed by atoms with Crippen LogP contribution < -0.4 is 14.4 Å². The molecule has 0 amide bonds. The van der Waals surface area contributed by atoms with E-state index in [1.807, 2.05) is 0 Å². The largest absolute Gasteiger partial charge is 0.495 e. The van der Waals surface area contributed by atoms with Crippen molar-refractivity contribution in [2.45, 2.75) is 24.7 Å². The van der Waals surface area contributed by atoms with Crippen LogP contribution in [0.5, 0.6) is 5.75 Å². The zero-order chi connectivity index (χ0) is 24.2. The number of sulfonamides is 1. The number of carbonyl (C=O) groups is 2. The third kappa shape index (κ3) is 5.66. The summed E-state index contributed by atoms with van der Waals surface area (Å²) in [5, 5.41) is 9.93. The predicted octanol–water partition coefficient (Wildman–Crippen LogP) is 3.02. The van der Waals surface area contributed by atoms with Gasteiger partial charge in [-0.25, -0.2) is 18.2 Å². The molecule has 12 heteroatoms. The van der Waals surface area contributed by atoms with E-state index >= 15 is 0 Å². The number of carboxylic acid groups (broad SMARTS) is 1. The van der Waals surface area contributed by atoms with Gasteiger partial charge in [0.15, 0.2) is 0 Å². The van der Waals surface area contributed by atoms with Crippen LogP contribution in [0.25, 0.3) is 0 Å². The van der Waals surface area contributed by atoms with E-state index in [0.717, 1.165) is 0 Å². The van der Waals surface area contributed by atoms with Crippen molar-refractivity contribution in [2.24, 2.45) is 5.92 Å². The number of carboxylic acids is 1. The van der Waals surface area contributed by atoms with Gasteiger partial charge in [0.2, 0.25) is 0 Å². The number of aromatic nitrogens is 1. The van der Waals surface area contributed by atoms with Gasteiger partial charge in [-0.2, -0.15) is 0 Å². The molecule has 3 rings (SSSR count). The van der Waals surface area contributed by atoms with Crippen molar-refractivity contribution in [2.75, 3.05) is 36.4 Å². The number of ether oxygens (including phenoxy) is 2. The van der Waals surface area contributed by atoms with E-state index in [4.69, 9.17) is 21.1 Å². The normalized spacial score (nSPS) is 16.2. The monoisotopic (exact) mass is 497 g/mol. The van der Waals surface area contributed by atoms with Crippen molar-refractivity contribution in [1.82, 2.24) is 4.98 Å². The molecule has 2 N–H and O–H groups in total. The topological polar surface area (TPSA) is 135 Å². The van der Waals surface area contributed by atoms with Crippen LogP contribution >= 0.6 is 11.6 Å². The van der Waals surface area contributed by atoms with Gasteiger partial charge in [-0.05, 0) is 44.0 Å². The third-order valence-electron chi connectivity index (χ3n) is 5.11. The number of esters is 1. The fourth-order valence-corrected chi connectivity index (χ4v) is 5.08. The molecule has 0 spiro atoms. The Bertz CT molecular complexity index is 1160. The molecule has 2 aromatic rings. The Kier molecular flexibility index (Phi) is 7.65. The summed E-state index contributed by atoms with van der Waals surface area (Å²) in [4.78, 5) is 29.8. The van der Waals surface area contributed by atoms with Crippen molar-refractivity contribution < 1.29 is 32.6 Å². The molecule has 33 heavy (non-hydrogen) atoms. The van der Waals surface area contributed by atoms with Crippen molar-refractivity contribution in [3.8, 4) is 5.75 Å². The minimum Gasteiger partial charge on any atom is -0.495 e. The van der Waals surface area contributed by atoms with Crippen LogP contribution in [0.15, 0.2) is 35.4 Å². The predicted molar refractivity (Wildman–Crippen MR) is 122 cm³/mol. The molecule has 1 aromatic carbocycles. The zero-order valence-corrected chi connectivity index (χ0v) is 19.6. The first kappa shape index (κ1) is 24.6. The van der Waals surface area contributed by atoms with Gasteiger partial charge in [0.1, 0.15) is 22.0 Å². The standard InChI is InChI=1S/C21H24ClN3O7S/c1-3-32-21(28)13-5-4-8-25(12-13)19-16(20(26)27)10-15(11-23-19)24-33(29,30)18-9-14(22)6-7-17(18)31-2/h6-7,9-11,13,24H,3-5,8,12H2,1-2H3,(H,26,27)/t13-/m1/s1. The molecule has 1 atom stereocenters. The number of aromatic carboxylic acids is 1. The SMILES string of the molecule is CCOC(=O)[C@@H]1CCCN(c2ncc(NS(=O)(=O)c3cc(Cl)ccc3OC)cc2C(=O)O)C1. The number of benzene rings is 1. The van der Waals surface area contributed by atoms with Crippen LogP contribution in [0.3, 0.4) is 0 Å². The van der Waals surface area contributed by atoms with E-state index in [9.17, 15) is 23.1 Å². The van der Waals surface area contributed by atoms with Crippen molar-refractivity contribution in [3.63, 3.8) is 0 Å². The number of piperidine rings is 1. The van der Waals surface area contributed by atoms with E-state index in [-0.39, 0.29) is 51.9 Å². The summed E-state index contributed by atoms with van der Waals surface area (Å²) in [6.45, 7) is 2.76. The van der Waals surface area contributed by atoms with Crippen LogP contribution in [-0.4, -0.2) is 57.3 Å². The van der Waals surface area contributed by atoms with Gasteiger partial charge in [-0.1, -0.05) is 11.6 Å². The molecule has 1 aromatic heterocycles. The van der Waals surface area contributed by atoms with Crippen LogP contribution in [-0.2, 0) is 19.6 Å². The summed E-state index contributed by atoms with van der Waals surface area (Å²) in [6.07, 6.45) is 2.52. The first-order valence-electron chi connectivity index (χ1n) is 10.2. The van der Waals surface area contributed by atoms with Crippen LogP contribution in [0.4, 0.5) is 11.5 Å². The average molecular weight is 498 g/mol. The number of carbonyl (C=O) groups excluding carboxylic acids is 1. The number of rotatable bonds is 8. The summed E-state index contributed by atoms with van der Waals surface area (Å²) in [5.74, 6) is -1.78. The van der Waals surface area contributed by atoms with Gasteiger partial charge < -0.3 is 19.5 Å². The Hall–Kier alpha value is -3.05. The average Bonchev–Trinajstić information content (AvgIpc) is 2.79. The maximum absolute atomic E-state index is 12.9. The fourth-order valence-electron chi connectivity index (χ4n) is 3.62. The highest BCUT2D eigenvalue weighted by atomic mass is 35.5. The highest BCUT2D eigenvalue weighted by Crippen LogP contribution is 2.31. The molecule has 10 nitrogen and oxygen atoms in total. The lowest BCUT2D eigenvalue weighted by molar-refractivity contribution is -0.148. The van der Waals surface area contributed by atoms with E-state index in [2.05, 4.69) is 9.71 Å². The summed E-state index contributed by atoms with van der Waals surface area (Å²) in [5.41, 5.74) is -0.241. The molecule has 0 bridgehead atoms. The summed E-state index contributed by atoms with van der Waals surface area (Å²) >= 11 is 5.93. The summed E-state index contributed by atoms with van der Waals surface area (Å²) in [6, 6.07) is 5.32. The number of hydrogen-bond acceptors (Lipinski definition) is 8. The number of halogens is 1. The smallest absolute Gasteiger partial charge is 0.339 e. The lowest BCUT2D eigenvalue weighted by atomic mass is 9.98. The summed E-state index contributed by atoms with van der Waals surface area (Å²) < 4.78 is 38.3. The fraction of sp³-hybridized carbons (Fsp3) is 0.381. The van der Waals surface area contributed by atoms with Crippen LogP contribution in [0, 0.1) is 5.92 Å². The van der Waals surface area contributed by atoms with Gasteiger partial charge >= 0.3 is 11.9 Å². The molecular formula is C21H24ClN3O7S. The van der Waals surface area contributed by atoms with E-state index in [1.54, 1.807) is 11.8 Å². The number of methoxy groups -OCH3 is 1. The minimum absolute atomic E-state index is 0.0443. The lowest BCUT2D eigenvalue weighted by Gasteiger charge is -2.33. The van der Waals surface area contributed by atoms with Crippen LogP contribution in [0.2, 0.25) is 5.02 Å². The van der Waals surface area contributed by atoms with E-state index in [0.29, 0.717) is 19.4 Å². The molecule has 1 fully saturated rings. The maximum Gasteiger partial charge on any atom is 0.339 e. The lowest BCUT2D eigenvalue weighted by Crippen LogP contribution is -2.40. The van der Waals surface area contributed by atoms with Crippen molar-refractivity contribution in [3.05, 3.63) is 41.0 Å². The Morgan fingerprint density at radius 2 is 2.09 bits per heavy atom. The third-order valence-corrected chi connectivity index (χ3v) is 6.74. The molecule has 0 unspecified atom stereocenters. The number of nitrogens with one attached hydrogen (secondary N) is 1. The zero-order valence-electron chi connectivity index (χ0n) is 18.1. The molecule has 178 valence electrons. The number of hydrogen-bond donors (Lipinski definition) is 2. The number of nitrogens with zero attached hydrogens (tertiary/aromatic N) is 2. The molecular weight excluding hydrogens is 474 g/mol. The van der Waals surface area contributed by atoms with E-state index in [1.165, 1.54) is 37.6 Å². The van der Waals surface area contributed by atoms with Gasteiger partial charge in [0.25, 0.3) is 10.0 Å². The minimum atomic E-state index is -4.15. The Morgan fingerprint density at radius 3 is 2.76 bits per heavy atom. The van der Waals surface area contributed by atoms with Crippen molar-refractivity contribution in [1.29, 1.82) is 0 Å². The first-order valence-corrected chi connectivity index (χ1v) is 12.0. The second-order valence-electron chi connectivity index (χ2n) is 7.34. The quantitative estimate of drug-likeness (QED) is 0.527. The second-order valence-corrected chi connectivity index (χ2v) is 9.43. The second kappa shape index (κ2) is 10.3. The molecule has 0 aliphatic carbocycles. The van der Waals surface area contributed by atoms with Gasteiger partial charge in [0.05, 0.1) is 31.5 Å². The highest BCUT2D eigenvalue weighted by molar-refractivity contribution is 7.92. The molecule has 0 radical (unpaired) electrons. The molecule has 1 saturated heterocycles. The van der Waals surface area contributed by atoms with E-state index < -0.39 is 21.9 Å². The van der Waals surface area contributed by atoms with Gasteiger partial charge in [0, 0.05) is 18.1 Å². The first-order chi connectivity index (χ1) is 15.7. The number of pyridine rings is 1. The van der Waals surface area contributed by atoms with Gasteiger partial charge in [-0.3, -0.25) is 9.52 Å². The van der Waals surface area contributed by atoms with Gasteiger partial charge in [-0.15, -0.1) is 0 Å².